The second kappa shape index (κ2) is 5.09. The van der Waals surface area contributed by atoms with Crippen molar-refractivity contribution in [2.24, 2.45) is 0 Å². The molecule has 0 aliphatic carbocycles. The highest BCUT2D eigenvalue weighted by atomic mass is 79.9. The van der Waals surface area contributed by atoms with Crippen molar-refractivity contribution in [3.63, 3.8) is 0 Å². The summed E-state index contributed by atoms with van der Waals surface area (Å²) in [7, 11) is -3.50. The molecular weight excluding hydrogens is 310 g/mol. The predicted octanol–water partition coefficient (Wildman–Crippen LogP) is 1.71. The summed E-state index contributed by atoms with van der Waals surface area (Å²) in [5, 5.41) is 8.93. The zero-order chi connectivity index (χ0) is 12.5. The maximum atomic E-state index is 12.3. The van der Waals surface area contributed by atoms with Gasteiger partial charge in [-0.1, -0.05) is 6.42 Å². The van der Waals surface area contributed by atoms with E-state index < -0.39 is 10.0 Å². The standard InChI is InChI=1S/C10H14BrNO4S/c11-10-9(6-8(7-13)16-10)17(14,15)12-4-2-1-3-5-12/h6,13H,1-5,7H2. The molecule has 0 bridgehead atoms. The highest BCUT2D eigenvalue weighted by molar-refractivity contribution is 9.10. The lowest BCUT2D eigenvalue weighted by molar-refractivity contribution is 0.245. The number of hydrogen-bond acceptors (Lipinski definition) is 4. The topological polar surface area (TPSA) is 70.8 Å². The molecule has 0 aromatic carbocycles. The molecule has 1 saturated heterocycles. The zero-order valence-electron chi connectivity index (χ0n) is 9.23. The van der Waals surface area contributed by atoms with Crippen molar-refractivity contribution < 1.29 is 17.9 Å². The molecule has 7 heteroatoms. The normalized spacial score (nSPS) is 18.5. The summed E-state index contributed by atoms with van der Waals surface area (Å²) in [6, 6.07) is 1.37. The first-order valence-corrected chi connectivity index (χ1v) is 7.68. The molecule has 1 aliphatic heterocycles. The number of piperidine rings is 1. The number of halogens is 1. The molecule has 1 N–H and O–H groups in total. The molecule has 1 fully saturated rings. The molecule has 0 spiro atoms. The Bertz CT molecular complexity index is 490. The summed E-state index contributed by atoms with van der Waals surface area (Å²) < 4.78 is 31.3. The zero-order valence-corrected chi connectivity index (χ0v) is 11.6. The van der Waals surface area contributed by atoms with Crippen LogP contribution in [-0.4, -0.2) is 30.9 Å². The van der Waals surface area contributed by atoms with Gasteiger partial charge in [0.15, 0.2) is 4.67 Å². The number of hydrogen-bond donors (Lipinski definition) is 1. The van der Waals surface area contributed by atoms with Gasteiger partial charge in [0.2, 0.25) is 10.0 Å². The number of furan rings is 1. The summed E-state index contributed by atoms with van der Waals surface area (Å²) in [4.78, 5) is 0.100. The summed E-state index contributed by atoms with van der Waals surface area (Å²) >= 11 is 3.08. The summed E-state index contributed by atoms with van der Waals surface area (Å²) in [5.74, 6) is 0.243. The Labute approximate surface area is 109 Å². The van der Waals surface area contributed by atoms with Crippen LogP contribution in [0.5, 0.6) is 0 Å². The van der Waals surface area contributed by atoms with E-state index in [1.807, 2.05) is 0 Å². The van der Waals surface area contributed by atoms with E-state index in [1.165, 1.54) is 10.4 Å². The van der Waals surface area contributed by atoms with Gasteiger partial charge in [-0.25, -0.2) is 8.42 Å². The SMILES string of the molecule is O=S(=O)(c1cc(CO)oc1Br)N1CCCCC1. The van der Waals surface area contributed by atoms with Crippen LogP contribution in [-0.2, 0) is 16.6 Å². The van der Waals surface area contributed by atoms with Gasteiger partial charge in [-0.05, 0) is 28.8 Å². The largest absolute Gasteiger partial charge is 0.450 e. The van der Waals surface area contributed by atoms with Crippen molar-refractivity contribution in [1.29, 1.82) is 0 Å². The Morgan fingerprint density at radius 1 is 1.35 bits per heavy atom. The number of aliphatic hydroxyl groups is 1. The molecule has 5 nitrogen and oxygen atoms in total. The lowest BCUT2D eigenvalue weighted by Crippen LogP contribution is -2.35. The molecule has 2 heterocycles. The molecule has 96 valence electrons. The molecule has 0 atom stereocenters. The number of rotatable bonds is 3. The van der Waals surface area contributed by atoms with E-state index in [9.17, 15) is 8.42 Å². The average molecular weight is 324 g/mol. The van der Waals surface area contributed by atoms with E-state index in [0.29, 0.717) is 13.1 Å². The van der Waals surface area contributed by atoms with E-state index in [-0.39, 0.29) is 21.9 Å². The molecule has 0 radical (unpaired) electrons. The van der Waals surface area contributed by atoms with Crippen molar-refractivity contribution in [3.8, 4) is 0 Å². The van der Waals surface area contributed by atoms with Crippen molar-refractivity contribution in [2.45, 2.75) is 30.8 Å². The smallest absolute Gasteiger partial charge is 0.247 e. The molecule has 1 aromatic heterocycles. The Morgan fingerprint density at radius 3 is 2.53 bits per heavy atom. The minimum absolute atomic E-state index is 0.100. The van der Waals surface area contributed by atoms with Gasteiger partial charge in [0.1, 0.15) is 17.3 Å². The third-order valence-electron chi connectivity index (χ3n) is 2.80. The molecule has 17 heavy (non-hydrogen) atoms. The van der Waals surface area contributed by atoms with Crippen molar-refractivity contribution >= 4 is 26.0 Å². The van der Waals surface area contributed by atoms with E-state index in [2.05, 4.69) is 15.9 Å². The quantitative estimate of drug-likeness (QED) is 0.919. The minimum atomic E-state index is -3.50. The second-order valence-corrected chi connectivity index (χ2v) is 6.60. The first kappa shape index (κ1) is 13.1. The molecular formula is C10H14BrNO4S. The number of sulfonamides is 1. The van der Waals surface area contributed by atoms with Crippen LogP contribution >= 0.6 is 15.9 Å². The fourth-order valence-electron chi connectivity index (χ4n) is 1.90. The Morgan fingerprint density at radius 2 is 2.00 bits per heavy atom. The Kier molecular flexibility index (Phi) is 3.92. The van der Waals surface area contributed by atoms with Crippen LogP contribution in [0.1, 0.15) is 25.0 Å². The third-order valence-corrected chi connectivity index (χ3v) is 5.55. The molecule has 0 unspecified atom stereocenters. The molecule has 0 saturated carbocycles. The fourth-order valence-corrected chi connectivity index (χ4v) is 4.37. The molecule has 1 aliphatic rings. The Balaban J connectivity index is 2.33. The van der Waals surface area contributed by atoms with Crippen LogP contribution < -0.4 is 0 Å². The average Bonchev–Trinajstić information content (AvgIpc) is 2.72. The van der Waals surface area contributed by atoms with Gasteiger partial charge < -0.3 is 9.52 Å². The van der Waals surface area contributed by atoms with Crippen molar-refractivity contribution in [1.82, 2.24) is 4.31 Å². The first-order chi connectivity index (χ1) is 8.05. The van der Waals surface area contributed by atoms with Crippen LogP contribution in [0.2, 0.25) is 0 Å². The van der Waals surface area contributed by atoms with Crippen LogP contribution in [0, 0.1) is 0 Å². The highest BCUT2D eigenvalue weighted by Gasteiger charge is 2.30. The fraction of sp³-hybridized carbons (Fsp3) is 0.600. The number of aliphatic hydroxyl groups excluding tert-OH is 1. The van der Waals surface area contributed by atoms with Crippen LogP contribution in [0.15, 0.2) is 20.0 Å². The highest BCUT2D eigenvalue weighted by Crippen LogP contribution is 2.30. The lowest BCUT2D eigenvalue weighted by Gasteiger charge is -2.25. The van der Waals surface area contributed by atoms with Gasteiger partial charge in [-0.3, -0.25) is 0 Å². The maximum Gasteiger partial charge on any atom is 0.247 e. The van der Waals surface area contributed by atoms with Gasteiger partial charge in [0, 0.05) is 19.2 Å². The van der Waals surface area contributed by atoms with Gasteiger partial charge in [-0.15, -0.1) is 0 Å². The van der Waals surface area contributed by atoms with Crippen molar-refractivity contribution in [3.05, 3.63) is 16.5 Å². The summed E-state index contributed by atoms with van der Waals surface area (Å²) in [6.07, 6.45) is 2.85. The predicted molar refractivity (Wildman–Crippen MR) is 64.9 cm³/mol. The van der Waals surface area contributed by atoms with E-state index in [1.54, 1.807) is 0 Å². The second-order valence-electron chi connectivity index (χ2n) is 3.97. The lowest BCUT2D eigenvalue weighted by atomic mass is 10.2. The summed E-state index contributed by atoms with van der Waals surface area (Å²) in [6.45, 7) is 0.789. The molecule has 1 aromatic rings. The van der Waals surface area contributed by atoms with Gasteiger partial charge in [-0.2, -0.15) is 4.31 Å². The van der Waals surface area contributed by atoms with E-state index in [0.717, 1.165) is 19.3 Å². The summed E-state index contributed by atoms with van der Waals surface area (Å²) in [5.41, 5.74) is 0. The van der Waals surface area contributed by atoms with Crippen LogP contribution in [0.4, 0.5) is 0 Å². The maximum absolute atomic E-state index is 12.3. The first-order valence-electron chi connectivity index (χ1n) is 5.45. The third kappa shape index (κ3) is 2.57. The van der Waals surface area contributed by atoms with E-state index in [4.69, 9.17) is 9.52 Å². The van der Waals surface area contributed by atoms with Crippen LogP contribution in [0.3, 0.4) is 0 Å². The van der Waals surface area contributed by atoms with Crippen molar-refractivity contribution in [2.75, 3.05) is 13.1 Å². The van der Waals surface area contributed by atoms with Gasteiger partial charge >= 0.3 is 0 Å². The Hall–Kier alpha value is -0.370. The minimum Gasteiger partial charge on any atom is -0.450 e. The van der Waals surface area contributed by atoms with Gasteiger partial charge in [0.25, 0.3) is 0 Å². The van der Waals surface area contributed by atoms with E-state index >= 15 is 0 Å². The monoisotopic (exact) mass is 323 g/mol. The van der Waals surface area contributed by atoms with Crippen LogP contribution in [0.25, 0.3) is 0 Å². The molecule has 2 rings (SSSR count). The van der Waals surface area contributed by atoms with Gasteiger partial charge in [0.05, 0.1) is 0 Å². The molecule has 0 amide bonds. The number of nitrogens with zero attached hydrogens (tertiary/aromatic N) is 1.